The van der Waals surface area contributed by atoms with E-state index in [2.05, 4.69) is 11.1 Å². The van der Waals surface area contributed by atoms with Crippen molar-refractivity contribution in [2.45, 2.75) is 0 Å². The van der Waals surface area contributed by atoms with E-state index in [4.69, 9.17) is 0 Å². The highest BCUT2D eigenvalue weighted by Crippen LogP contribution is 2.27. The van der Waals surface area contributed by atoms with E-state index in [1.54, 1.807) is 18.2 Å². The number of halogens is 1. The standard InChI is InChI=1S/C16H9FN2S/c17-13-7-5-11(6-8-13)9-12(10-18)16-19-14-3-1-2-4-15(14)20-16/h1-9H/b12-9-. The van der Waals surface area contributed by atoms with Crippen molar-refractivity contribution in [1.29, 1.82) is 5.26 Å². The molecule has 0 spiro atoms. The van der Waals surface area contributed by atoms with Gasteiger partial charge in [-0.15, -0.1) is 11.3 Å². The molecular weight excluding hydrogens is 271 g/mol. The number of allylic oxidation sites excluding steroid dienone is 1. The maximum Gasteiger partial charge on any atom is 0.135 e. The van der Waals surface area contributed by atoms with Crippen molar-refractivity contribution < 1.29 is 4.39 Å². The highest BCUT2D eigenvalue weighted by molar-refractivity contribution is 7.19. The van der Waals surface area contributed by atoms with Gasteiger partial charge in [-0.25, -0.2) is 9.37 Å². The van der Waals surface area contributed by atoms with E-state index >= 15 is 0 Å². The summed E-state index contributed by atoms with van der Waals surface area (Å²) in [4.78, 5) is 4.45. The number of hydrogen-bond acceptors (Lipinski definition) is 3. The lowest BCUT2D eigenvalue weighted by Crippen LogP contribution is -1.81. The van der Waals surface area contributed by atoms with Crippen molar-refractivity contribution in [3.63, 3.8) is 0 Å². The number of benzene rings is 2. The Balaban J connectivity index is 2.05. The Bertz CT molecular complexity index is 793. The van der Waals surface area contributed by atoms with Crippen LogP contribution in [-0.4, -0.2) is 4.98 Å². The van der Waals surface area contributed by atoms with E-state index in [9.17, 15) is 9.65 Å². The Morgan fingerprint density at radius 1 is 1.15 bits per heavy atom. The van der Waals surface area contributed by atoms with Gasteiger partial charge in [0, 0.05) is 0 Å². The maximum atomic E-state index is 12.9. The molecule has 3 aromatic rings. The third-order valence-corrected chi connectivity index (χ3v) is 3.90. The summed E-state index contributed by atoms with van der Waals surface area (Å²) in [7, 11) is 0. The smallest absolute Gasteiger partial charge is 0.135 e. The molecule has 1 aromatic heterocycles. The normalized spacial score (nSPS) is 11.5. The van der Waals surface area contributed by atoms with Crippen LogP contribution in [0.3, 0.4) is 0 Å². The van der Waals surface area contributed by atoms with Gasteiger partial charge >= 0.3 is 0 Å². The third-order valence-electron chi connectivity index (χ3n) is 2.83. The van der Waals surface area contributed by atoms with Gasteiger partial charge in [-0.3, -0.25) is 0 Å². The van der Waals surface area contributed by atoms with Gasteiger partial charge in [0.05, 0.1) is 15.8 Å². The number of thiazole rings is 1. The Labute approximate surface area is 119 Å². The molecule has 2 aromatic carbocycles. The highest BCUT2D eigenvalue weighted by atomic mass is 32.1. The lowest BCUT2D eigenvalue weighted by Gasteiger charge is -1.95. The maximum absolute atomic E-state index is 12.9. The fourth-order valence-electron chi connectivity index (χ4n) is 1.85. The van der Waals surface area contributed by atoms with E-state index in [1.165, 1.54) is 23.5 Å². The van der Waals surface area contributed by atoms with Crippen LogP contribution in [0.25, 0.3) is 21.9 Å². The van der Waals surface area contributed by atoms with Gasteiger partial charge in [0.1, 0.15) is 16.9 Å². The predicted molar refractivity (Wildman–Crippen MR) is 79.5 cm³/mol. The monoisotopic (exact) mass is 280 g/mol. The second-order valence-corrected chi connectivity index (χ2v) is 5.24. The molecule has 0 aliphatic heterocycles. The number of rotatable bonds is 2. The van der Waals surface area contributed by atoms with Gasteiger partial charge < -0.3 is 0 Å². The van der Waals surface area contributed by atoms with Crippen molar-refractivity contribution >= 4 is 33.2 Å². The number of hydrogen-bond donors (Lipinski definition) is 0. The summed E-state index contributed by atoms with van der Waals surface area (Å²) in [6.07, 6.45) is 1.72. The highest BCUT2D eigenvalue weighted by Gasteiger charge is 2.08. The van der Waals surface area contributed by atoms with Crippen LogP contribution in [-0.2, 0) is 0 Å². The minimum absolute atomic E-state index is 0.291. The van der Waals surface area contributed by atoms with E-state index in [-0.39, 0.29) is 5.82 Å². The number of aromatic nitrogens is 1. The number of fused-ring (bicyclic) bond motifs is 1. The van der Waals surface area contributed by atoms with Crippen molar-refractivity contribution in [1.82, 2.24) is 4.98 Å². The molecule has 4 heteroatoms. The first-order valence-corrected chi connectivity index (χ1v) is 6.81. The van der Waals surface area contributed by atoms with Gasteiger partial charge in [-0.1, -0.05) is 24.3 Å². The van der Waals surface area contributed by atoms with Crippen LogP contribution in [0.15, 0.2) is 48.5 Å². The minimum atomic E-state index is -0.291. The van der Waals surface area contributed by atoms with E-state index in [0.29, 0.717) is 10.6 Å². The van der Waals surface area contributed by atoms with Crippen molar-refractivity contribution in [2.24, 2.45) is 0 Å². The number of nitriles is 1. The second-order valence-electron chi connectivity index (χ2n) is 4.21. The molecule has 3 rings (SSSR count). The van der Waals surface area contributed by atoms with Crippen LogP contribution < -0.4 is 0 Å². The topological polar surface area (TPSA) is 36.7 Å². The zero-order chi connectivity index (χ0) is 13.9. The van der Waals surface area contributed by atoms with Gasteiger partial charge in [-0.05, 0) is 35.9 Å². The van der Waals surface area contributed by atoms with E-state index in [1.807, 2.05) is 24.3 Å². The molecule has 0 atom stereocenters. The number of nitrogens with zero attached hydrogens (tertiary/aromatic N) is 2. The lowest BCUT2D eigenvalue weighted by atomic mass is 10.1. The fourth-order valence-corrected chi connectivity index (χ4v) is 2.79. The molecule has 0 saturated heterocycles. The summed E-state index contributed by atoms with van der Waals surface area (Å²) in [6.45, 7) is 0. The van der Waals surface area contributed by atoms with Gasteiger partial charge in [0.2, 0.25) is 0 Å². The number of para-hydroxylation sites is 1. The molecule has 0 bridgehead atoms. The van der Waals surface area contributed by atoms with Gasteiger partial charge in [0.15, 0.2) is 0 Å². The van der Waals surface area contributed by atoms with Crippen molar-refractivity contribution in [2.75, 3.05) is 0 Å². The SMILES string of the molecule is N#C/C(=C/c1ccc(F)cc1)c1nc2ccccc2s1. The van der Waals surface area contributed by atoms with Gasteiger partial charge in [-0.2, -0.15) is 5.26 Å². The quantitative estimate of drug-likeness (QED) is 0.648. The van der Waals surface area contributed by atoms with Crippen molar-refractivity contribution in [3.8, 4) is 6.07 Å². The molecule has 0 aliphatic carbocycles. The molecular formula is C16H9FN2S. The molecule has 0 fully saturated rings. The summed E-state index contributed by atoms with van der Waals surface area (Å²) in [5, 5.41) is 9.97. The largest absolute Gasteiger partial charge is 0.235 e. The summed E-state index contributed by atoms with van der Waals surface area (Å²) in [5.41, 5.74) is 2.15. The molecule has 0 amide bonds. The summed E-state index contributed by atoms with van der Waals surface area (Å²) < 4.78 is 13.9. The summed E-state index contributed by atoms with van der Waals surface area (Å²) in [5.74, 6) is -0.291. The molecule has 2 nitrogen and oxygen atoms in total. The molecule has 0 N–H and O–H groups in total. The molecule has 0 unspecified atom stereocenters. The van der Waals surface area contributed by atoms with Crippen LogP contribution >= 0.6 is 11.3 Å². The molecule has 20 heavy (non-hydrogen) atoms. The average molecular weight is 280 g/mol. The molecule has 96 valence electrons. The Hall–Kier alpha value is -2.51. The average Bonchev–Trinajstić information content (AvgIpc) is 2.90. The minimum Gasteiger partial charge on any atom is -0.235 e. The first-order chi connectivity index (χ1) is 9.76. The van der Waals surface area contributed by atoms with Crippen LogP contribution in [0.5, 0.6) is 0 Å². The Morgan fingerprint density at radius 2 is 1.90 bits per heavy atom. The molecule has 0 radical (unpaired) electrons. The molecule has 1 heterocycles. The van der Waals surface area contributed by atoms with Crippen LogP contribution in [0.4, 0.5) is 4.39 Å². The summed E-state index contributed by atoms with van der Waals surface area (Å²) in [6, 6.07) is 15.9. The zero-order valence-electron chi connectivity index (χ0n) is 10.4. The molecule has 0 saturated carbocycles. The zero-order valence-corrected chi connectivity index (χ0v) is 11.2. The predicted octanol–water partition coefficient (Wildman–Crippen LogP) is 4.50. The van der Waals surface area contributed by atoms with Crippen LogP contribution in [0, 0.1) is 17.1 Å². The van der Waals surface area contributed by atoms with Gasteiger partial charge in [0.25, 0.3) is 0 Å². The summed E-state index contributed by atoms with van der Waals surface area (Å²) >= 11 is 1.48. The van der Waals surface area contributed by atoms with Crippen LogP contribution in [0.2, 0.25) is 0 Å². The van der Waals surface area contributed by atoms with E-state index < -0.39 is 0 Å². The van der Waals surface area contributed by atoms with E-state index in [0.717, 1.165) is 15.8 Å². The first kappa shape index (κ1) is 12.5. The fraction of sp³-hybridized carbons (Fsp3) is 0. The lowest BCUT2D eigenvalue weighted by molar-refractivity contribution is 0.628. The van der Waals surface area contributed by atoms with Crippen molar-refractivity contribution in [3.05, 3.63) is 64.9 Å². The Kier molecular flexibility index (Phi) is 3.28. The molecule has 0 aliphatic rings. The Morgan fingerprint density at radius 3 is 2.60 bits per heavy atom. The first-order valence-electron chi connectivity index (χ1n) is 5.99. The van der Waals surface area contributed by atoms with Crippen LogP contribution in [0.1, 0.15) is 10.6 Å². The second kappa shape index (κ2) is 5.24. The third kappa shape index (κ3) is 2.44.